The van der Waals surface area contributed by atoms with Crippen LogP contribution in [-0.2, 0) is 0 Å². The summed E-state index contributed by atoms with van der Waals surface area (Å²) in [5, 5.41) is 0. The van der Waals surface area contributed by atoms with E-state index in [-0.39, 0.29) is 0 Å². The predicted molar refractivity (Wildman–Crippen MR) is 68.8 cm³/mol. The Morgan fingerprint density at radius 3 is 2.75 bits per heavy atom. The molecule has 0 atom stereocenters. The van der Waals surface area contributed by atoms with Crippen LogP contribution in [0.4, 0.5) is 5.82 Å². The Balaban J connectivity index is 2.11. The van der Waals surface area contributed by atoms with Crippen molar-refractivity contribution in [2.75, 3.05) is 18.0 Å². The third kappa shape index (κ3) is 2.75. The van der Waals surface area contributed by atoms with Crippen molar-refractivity contribution in [1.82, 2.24) is 4.98 Å². The van der Waals surface area contributed by atoms with Gasteiger partial charge < -0.3 is 4.90 Å². The van der Waals surface area contributed by atoms with Crippen LogP contribution in [0.2, 0.25) is 0 Å². The molecule has 1 saturated heterocycles. The molecule has 16 heavy (non-hydrogen) atoms. The molecule has 1 aliphatic heterocycles. The molecular weight excluding hydrogens is 196 g/mol. The minimum atomic E-state index is 0.499. The van der Waals surface area contributed by atoms with Crippen LogP contribution in [0, 0.1) is 12.3 Å². The predicted octanol–water partition coefficient (Wildman–Crippen LogP) is 3.41. The Morgan fingerprint density at radius 1 is 1.19 bits per heavy atom. The number of aryl methyl sites for hydroxylation is 1. The molecule has 0 unspecified atom stereocenters. The lowest BCUT2D eigenvalue weighted by Gasteiger charge is -2.24. The number of aromatic nitrogens is 1. The van der Waals surface area contributed by atoms with Crippen LogP contribution in [0.5, 0.6) is 0 Å². The van der Waals surface area contributed by atoms with E-state index in [4.69, 9.17) is 0 Å². The fourth-order valence-corrected chi connectivity index (χ4v) is 2.36. The monoisotopic (exact) mass is 218 g/mol. The van der Waals surface area contributed by atoms with Gasteiger partial charge in [-0.3, -0.25) is 0 Å². The maximum Gasteiger partial charge on any atom is 0.128 e. The molecule has 0 aromatic carbocycles. The first kappa shape index (κ1) is 11.4. The third-order valence-electron chi connectivity index (χ3n) is 3.54. The van der Waals surface area contributed by atoms with Crippen molar-refractivity contribution in [2.45, 2.75) is 40.0 Å². The highest BCUT2D eigenvalue weighted by atomic mass is 15.2. The summed E-state index contributed by atoms with van der Waals surface area (Å²) in [6.07, 6.45) is 3.88. The van der Waals surface area contributed by atoms with Gasteiger partial charge in [-0.2, -0.15) is 0 Å². The van der Waals surface area contributed by atoms with E-state index in [2.05, 4.69) is 48.9 Å². The van der Waals surface area contributed by atoms with Gasteiger partial charge in [0.15, 0.2) is 0 Å². The van der Waals surface area contributed by atoms with Crippen LogP contribution in [0.1, 0.15) is 38.8 Å². The van der Waals surface area contributed by atoms with Gasteiger partial charge in [0, 0.05) is 18.8 Å². The molecule has 2 heteroatoms. The van der Waals surface area contributed by atoms with Gasteiger partial charge in [-0.1, -0.05) is 19.9 Å². The molecule has 1 fully saturated rings. The first-order valence-electron chi connectivity index (χ1n) is 6.25. The standard InChI is InChI=1S/C14H22N2/c1-12-6-4-7-13(15-12)16-10-5-8-14(2,3)9-11-16/h4,6-7H,5,8-11H2,1-3H3. The first-order valence-corrected chi connectivity index (χ1v) is 6.25. The van der Waals surface area contributed by atoms with Gasteiger partial charge in [0.05, 0.1) is 0 Å². The quantitative estimate of drug-likeness (QED) is 0.718. The van der Waals surface area contributed by atoms with Crippen molar-refractivity contribution < 1.29 is 0 Å². The van der Waals surface area contributed by atoms with Gasteiger partial charge in [0.25, 0.3) is 0 Å². The van der Waals surface area contributed by atoms with Crippen LogP contribution in [-0.4, -0.2) is 18.1 Å². The molecule has 0 spiro atoms. The second kappa shape index (κ2) is 4.44. The SMILES string of the molecule is Cc1cccc(N2CCCC(C)(C)CC2)n1. The highest BCUT2D eigenvalue weighted by Gasteiger charge is 2.23. The lowest BCUT2D eigenvalue weighted by molar-refractivity contribution is 0.325. The van der Waals surface area contributed by atoms with Crippen LogP contribution < -0.4 is 4.90 Å². The van der Waals surface area contributed by atoms with Gasteiger partial charge in [0.2, 0.25) is 0 Å². The fraction of sp³-hybridized carbons (Fsp3) is 0.643. The Morgan fingerprint density at radius 2 is 2.00 bits per heavy atom. The zero-order valence-corrected chi connectivity index (χ0v) is 10.7. The van der Waals surface area contributed by atoms with Crippen molar-refractivity contribution >= 4 is 5.82 Å². The molecule has 0 amide bonds. The molecule has 1 aromatic heterocycles. The maximum atomic E-state index is 4.61. The molecule has 88 valence electrons. The second-order valence-electron chi connectivity index (χ2n) is 5.64. The van der Waals surface area contributed by atoms with E-state index in [1.807, 2.05) is 0 Å². The van der Waals surface area contributed by atoms with Gasteiger partial charge >= 0.3 is 0 Å². The molecule has 2 nitrogen and oxygen atoms in total. The van der Waals surface area contributed by atoms with Crippen LogP contribution >= 0.6 is 0 Å². The molecule has 0 radical (unpaired) electrons. The highest BCUT2D eigenvalue weighted by molar-refractivity contribution is 5.39. The Hall–Kier alpha value is -1.05. The first-order chi connectivity index (χ1) is 7.57. The van der Waals surface area contributed by atoms with Gasteiger partial charge in [-0.05, 0) is 43.7 Å². The summed E-state index contributed by atoms with van der Waals surface area (Å²) in [5.41, 5.74) is 1.61. The van der Waals surface area contributed by atoms with E-state index in [9.17, 15) is 0 Å². The summed E-state index contributed by atoms with van der Waals surface area (Å²) in [5.74, 6) is 1.15. The van der Waals surface area contributed by atoms with Crippen LogP contribution in [0.15, 0.2) is 18.2 Å². The molecule has 0 bridgehead atoms. The summed E-state index contributed by atoms with van der Waals surface area (Å²) >= 11 is 0. The second-order valence-corrected chi connectivity index (χ2v) is 5.64. The normalized spacial score (nSPS) is 20.6. The zero-order valence-electron chi connectivity index (χ0n) is 10.7. The average Bonchev–Trinajstić information content (AvgIpc) is 2.39. The van der Waals surface area contributed by atoms with E-state index >= 15 is 0 Å². The summed E-state index contributed by atoms with van der Waals surface area (Å²) < 4.78 is 0. The summed E-state index contributed by atoms with van der Waals surface area (Å²) in [6, 6.07) is 6.30. The number of rotatable bonds is 1. The third-order valence-corrected chi connectivity index (χ3v) is 3.54. The summed E-state index contributed by atoms with van der Waals surface area (Å²) in [4.78, 5) is 7.04. The van der Waals surface area contributed by atoms with Gasteiger partial charge in [0.1, 0.15) is 5.82 Å². The lowest BCUT2D eigenvalue weighted by atomic mass is 9.85. The maximum absolute atomic E-state index is 4.61. The summed E-state index contributed by atoms with van der Waals surface area (Å²) in [6.45, 7) is 9.11. The average molecular weight is 218 g/mol. The Kier molecular flexibility index (Phi) is 3.17. The van der Waals surface area contributed by atoms with Crippen molar-refractivity contribution in [1.29, 1.82) is 0 Å². The number of hydrogen-bond acceptors (Lipinski definition) is 2. The molecule has 1 aliphatic rings. The summed E-state index contributed by atoms with van der Waals surface area (Å²) in [7, 11) is 0. The fourth-order valence-electron chi connectivity index (χ4n) is 2.36. The molecule has 1 aromatic rings. The van der Waals surface area contributed by atoms with E-state index < -0.39 is 0 Å². The molecule has 2 rings (SSSR count). The van der Waals surface area contributed by atoms with E-state index in [1.54, 1.807) is 0 Å². The van der Waals surface area contributed by atoms with Crippen molar-refractivity contribution in [2.24, 2.45) is 5.41 Å². The van der Waals surface area contributed by atoms with Crippen molar-refractivity contribution in [3.05, 3.63) is 23.9 Å². The van der Waals surface area contributed by atoms with Gasteiger partial charge in [-0.25, -0.2) is 4.98 Å². The lowest BCUT2D eigenvalue weighted by Crippen LogP contribution is -2.26. The van der Waals surface area contributed by atoms with Crippen LogP contribution in [0.25, 0.3) is 0 Å². The van der Waals surface area contributed by atoms with E-state index in [0.29, 0.717) is 5.41 Å². The largest absolute Gasteiger partial charge is 0.357 e. The minimum Gasteiger partial charge on any atom is -0.357 e. The molecular formula is C14H22N2. The highest BCUT2D eigenvalue weighted by Crippen LogP contribution is 2.31. The molecule has 0 saturated carbocycles. The Labute approximate surface area is 98.7 Å². The zero-order chi connectivity index (χ0) is 11.6. The van der Waals surface area contributed by atoms with Crippen LogP contribution in [0.3, 0.4) is 0 Å². The number of pyridine rings is 1. The van der Waals surface area contributed by atoms with Crippen molar-refractivity contribution in [3.63, 3.8) is 0 Å². The van der Waals surface area contributed by atoms with E-state index in [1.165, 1.54) is 19.3 Å². The number of hydrogen-bond donors (Lipinski definition) is 0. The minimum absolute atomic E-state index is 0.499. The van der Waals surface area contributed by atoms with Crippen molar-refractivity contribution in [3.8, 4) is 0 Å². The molecule has 0 N–H and O–H groups in total. The number of nitrogens with zero attached hydrogens (tertiary/aromatic N) is 2. The topological polar surface area (TPSA) is 16.1 Å². The Bertz CT molecular complexity index is 358. The molecule has 2 heterocycles. The smallest absolute Gasteiger partial charge is 0.128 e. The molecule has 0 aliphatic carbocycles. The van der Waals surface area contributed by atoms with Gasteiger partial charge in [-0.15, -0.1) is 0 Å². The number of anilines is 1. The van der Waals surface area contributed by atoms with E-state index in [0.717, 1.165) is 24.6 Å².